The van der Waals surface area contributed by atoms with Crippen molar-refractivity contribution in [3.05, 3.63) is 42.1 Å². The zero-order valence-electron chi connectivity index (χ0n) is 11.1. The van der Waals surface area contributed by atoms with Crippen LogP contribution in [0.4, 0.5) is 11.5 Å². The fraction of sp³-hybridized carbons (Fsp3) is 0.154. The highest BCUT2D eigenvalue weighted by Gasteiger charge is 2.15. The van der Waals surface area contributed by atoms with E-state index in [0.29, 0.717) is 11.4 Å². The molecule has 1 aromatic heterocycles. The fourth-order valence-electron chi connectivity index (χ4n) is 1.68. The van der Waals surface area contributed by atoms with Crippen molar-refractivity contribution in [3.63, 3.8) is 0 Å². The Kier molecular flexibility index (Phi) is 3.80. The maximum absolute atomic E-state index is 12.2. The number of aromatic nitrogens is 1. The monoisotopic (exact) mass is 293 g/mol. The predicted octanol–water partition coefficient (Wildman–Crippen LogP) is 1.78. The van der Waals surface area contributed by atoms with Crippen LogP contribution in [0.5, 0.6) is 5.75 Å². The van der Waals surface area contributed by atoms with Gasteiger partial charge >= 0.3 is 0 Å². The number of nitrogens with one attached hydrogen (secondary N) is 1. The third-order valence-corrected chi connectivity index (χ3v) is 4.10. The minimum absolute atomic E-state index is 0.0696. The van der Waals surface area contributed by atoms with E-state index in [-0.39, 0.29) is 10.7 Å². The standard InChI is InChI=1S/C13H15N3O3S/c1-9-7-10(19-2)3-4-12(9)16-20(17,18)11-5-6-15-13(14)8-11/h3-8,16H,1-2H3,(H2,14,15). The van der Waals surface area contributed by atoms with Crippen molar-refractivity contribution in [2.24, 2.45) is 0 Å². The number of sulfonamides is 1. The lowest BCUT2D eigenvalue weighted by Crippen LogP contribution is -2.14. The van der Waals surface area contributed by atoms with Gasteiger partial charge in [0.1, 0.15) is 11.6 Å². The van der Waals surface area contributed by atoms with E-state index in [1.54, 1.807) is 32.2 Å². The number of hydrogen-bond acceptors (Lipinski definition) is 5. The number of benzene rings is 1. The zero-order chi connectivity index (χ0) is 14.8. The van der Waals surface area contributed by atoms with Crippen LogP contribution in [0.3, 0.4) is 0 Å². The first-order valence-corrected chi connectivity index (χ1v) is 7.29. The maximum Gasteiger partial charge on any atom is 0.262 e. The summed E-state index contributed by atoms with van der Waals surface area (Å²) in [6, 6.07) is 7.78. The first-order chi connectivity index (χ1) is 9.42. The molecule has 7 heteroatoms. The summed E-state index contributed by atoms with van der Waals surface area (Å²) in [6.07, 6.45) is 1.35. The Balaban J connectivity index is 2.33. The van der Waals surface area contributed by atoms with Gasteiger partial charge in [-0.25, -0.2) is 13.4 Å². The summed E-state index contributed by atoms with van der Waals surface area (Å²) in [5, 5.41) is 0. The van der Waals surface area contributed by atoms with E-state index >= 15 is 0 Å². The molecule has 6 nitrogen and oxygen atoms in total. The van der Waals surface area contributed by atoms with Gasteiger partial charge in [-0.2, -0.15) is 0 Å². The molecule has 3 N–H and O–H groups in total. The number of rotatable bonds is 4. The Hall–Kier alpha value is -2.28. The summed E-state index contributed by atoms with van der Waals surface area (Å²) in [5.74, 6) is 0.818. The molecule has 20 heavy (non-hydrogen) atoms. The smallest absolute Gasteiger partial charge is 0.262 e. The third kappa shape index (κ3) is 3.00. The average Bonchev–Trinajstić information content (AvgIpc) is 2.41. The number of nitrogens with two attached hydrogens (primary N) is 1. The van der Waals surface area contributed by atoms with Gasteiger partial charge in [0.2, 0.25) is 0 Å². The van der Waals surface area contributed by atoms with Crippen LogP contribution in [0.2, 0.25) is 0 Å². The van der Waals surface area contributed by atoms with Crippen LogP contribution in [0, 0.1) is 6.92 Å². The minimum Gasteiger partial charge on any atom is -0.497 e. The van der Waals surface area contributed by atoms with Gasteiger partial charge in [-0.3, -0.25) is 4.72 Å². The molecule has 0 spiro atoms. The second-order valence-electron chi connectivity index (χ2n) is 4.20. The van der Waals surface area contributed by atoms with E-state index in [4.69, 9.17) is 10.5 Å². The van der Waals surface area contributed by atoms with E-state index in [1.165, 1.54) is 18.3 Å². The van der Waals surface area contributed by atoms with Crippen LogP contribution in [0.25, 0.3) is 0 Å². The van der Waals surface area contributed by atoms with Gasteiger partial charge in [-0.15, -0.1) is 0 Å². The molecule has 0 fully saturated rings. The van der Waals surface area contributed by atoms with Crippen LogP contribution in [-0.4, -0.2) is 20.5 Å². The summed E-state index contributed by atoms with van der Waals surface area (Å²) in [7, 11) is -2.13. The number of methoxy groups -OCH3 is 1. The van der Waals surface area contributed by atoms with E-state index in [9.17, 15) is 8.42 Å². The largest absolute Gasteiger partial charge is 0.497 e. The Labute approximate surface area is 117 Å². The Morgan fingerprint density at radius 1 is 1.25 bits per heavy atom. The van der Waals surface area contributed by atoms with Gasteiger partial charge < -0.3 is 10.5 Å². The molecule has 2 aromatic rings. The lowest BCUT2D eigenvalue weighted by atomic mass is 10.2. The molecule has 0 saturated heterocycles. The first-order valence-electron chi connectivity index (χ1n) is 5.81. The van der Waals surface area contributed by atoms with Gasteiger partial charge in [0, 0.05) is 12.3 Å². The molecule has 0 aliphatic carbocycles. The molecule has 0 aliphatic heterocycles. The molecule has 1 heterocycles. The third-order valence-electron chi connectivity index (χ3n) is 2.74. The molecule has 0 radical (unpaired) electrons. The minimum atomic E-state index is -3.69. The average molecular weight is 293 g/mol. The molecule has 0 bridgehead atoms. The van der Waals surface area contributed by atoms with Crippen molar-refractivity contribution in [1.82, 2.24) is 4.98 Å². The van der Waals surface area contributed by atoms with E-state index in [2.05, 4.69) is 9.71 Å². The van der Waals surface area contributed by atoms with Gasteiger partial charge in [-0.1, -0.05) is 0 Å². The van der Waals surface area contributed by atoms with Gasteiger partial charge in [0.25, 0.3) is 10.0 Å². The molecular weight excluding hydrogens is 278 g/mol. The van der Waals surface area contributed by atoms with Crippen LogP contribution in [-0.2, 0) is 10.0 Å². The molecule has 0 unspecified atom stereocenters. The topological polar surface area (TPSA) is 94.3 Å². The fourth-order valence-corrected chi connectivity index (χ4v) is 2.83. The van der Waals surface area contributed by atoms with E-state index < -0.39 is 10.0 Å². The van der Waals surface area contributed by atoms with Crippen molar-refractivity contribution in [1.29, 1.82) is 0 Å². The van der Waals surface area contributed by atoms with Crippen molar-refractivity contribution in [3.8, 4) is 5.75 Å². The number of aryl methyl sites for hydroxylation is 1. The van der Waals surface area contributed by atoms with Gasteiger partial charge in [0.05, 0.1) is 17.7 Å². The predicted molar refractivity (Wildman–Crippen MR) is 77.2 cm³/mol. The molecule has 0 amide bonds. The maximum atomic E-state index is 12.2. The molecule has 1 aromatic carbocycles. The summed E-state index contributed by atoms with van der Waals surface area (Å²) < 4.78 is 32.1. The number of nitrogens with zero attached hydrogens (tertiary/aromatic N) is 1. The normalized spacial score (nSPS) is 11.1. The molecule has 0 aliphatic rings. The second kappa shape index (κ2) is 5.38. The van der Waals surface area contributed by atoms with E-state index in [0.717, 1.165) is 5.56 Å². The first kappa shape index (κ1) is 14.1. The molecule has 106 valence electrons. The Morgan fingerprint density at radius 3 is 2.60 bits per heavy atom. The summed E-state index contributed by atoms with van der Waals surface area (Å²) in [4.78, 5) is 3.84. The lowest BCUT2D eigenvalue weighted by Gasteiger charge is -2.11. The quantitative estimate of drug-likeness (QED) is 0.896. The summed E-state index contributed by atoms with van der Waals surface area (Å²) in [6.45, 7) is 1.79. The highest BCUT2D eigenvalue weighted by Crippen LogP contribution is 2.24. The zero-order valence-corrected chi connectivity index (χ0v) is 11.9. The van der Waals surface area contributed by atoms with Crippen molar-refractivity contribution in [2.75, 3.05) is 17.6 Å². The molecular formula is C13H15N3O3S. The van der Waals surface area contributed by atoms with Crippen LogP contribution >= 0.6 is 0 Å². The van der Waals surface area contributed by atoms with E-state index in [1.807, 2.05) is 0 Å². The summed E-state index contributed by atoms with van der Waals surface area (Å²) >= 11 is 0. The second-order valence-corrected chi connectivity index (χ2v) is 5.89. The highest BCUT2D eigenvalue weighted by atomic mass is 32.2. The number of nitrogen functional groups attached to an aromatic ring is 1. The van der Waals surface area contributed by atoms with Crippen LogP contribution in [0.15, 0.2) is 41.4 Å². The number of pyridine rings is 1. The molecule has 0 saturated carbocycles. The van der Waals surface area contributed by atoms with Crippen molar-refractivity contribution < 1.29 is 13.2 Å². The molecule has 2 rings (SSSR count). The Morgan fingerprint density at radius 2 is 2.00 bits per heavy atom. The SMILES string of the molecule is COc1ccc(NS(=O)(=O)c2ccnc(N)c2)c(C)c1. The Bertz CT molecular complexity index is 729. The number of hydrogen-bond donors (Lipinski definition) is 2. The van der Waals surface area contributed by atoms with Crippen molar-refractivity contribution >= 4 is 21.5 Å². The van der Waals surface area contributed by atoms with Crippen LogP contribution in [0.1, 0.15) is 5.56 Å². The lowest BCUT2D eigenvalue weighted by molar-refractivity contribution is 0.414. The van der Waals surface area contributed by atoms with Gasteiger partial charge in [-0.05, 0) is 36.8 Å². The molecule has 0 atom stereocenters. The highest BCUT2D eigenvalue weighted by molar-refractivity contribution is 7.92. The number of ether oxygens (including phenoxy) is 1. The van der Waals surface area contributed by atoms with Crippen molar-refractivity contribution in [2.45, 2.75) is 11.8 Å². The number of anilines is 2. The van der Waals surface area contributed by atoms with Gasteiger partial charge in [0.15, 0.2) is 0 Å². The summed E-state index contributed by atoms with van der Waals surface area (Å²) in [5.41, 5.74) is 6.74. The van der Waals surface area contributed by atoms with Crippen LogP contribution < -0.4 is 15.2 Å².